The van der Waals surface area contributed by atoms with Gasteiger partial charge in [-0.25, -0.2) is 0 Å². The maximum Gasteiger partial charge on any atom is 0.0431 e. The number of hydrogen-bond donors (Lipinski definition) is 2. The van der Waals surface area contributed by atoms with E-state index in [1.54, 1.807) is 0 Å². The second-order valence-corrected chi connectivity index (χ2v) is 4.93. The fourth-order valence-corrected chi connectivity index (χ4v) is 2.04. The summed E-state index contributed by atoms with van der Waals surface area (Å²) in [7, 11) is 0. The summed E-state index contributed by atoms with van der Waals surface area (Å²) in [5, 5.41) is 12.1. The molecule has 90 valence electrons. The Balaban J connectivity index is 2.27. The molecule has 0 spiro atoms. The van der Waals surface area contributed by atoms with Crippen LogP contribution in [0.1, 0.15) is 37.8 Å². The molecule has 3 heteroatoms. The number of hydrogen-bond acceptors (Lipinski definition) is 2. The van der Waals surface area contributed by atoms with Gasteiger partial charge >= 0.3 is 0 Å². The number of rotatable bonds is 7. The Kier molecular flexibility index (Phi) is 6.69. The van der Waals surface area contributed by atoms with Crippen molar-refractivity contribution in [3.8, 4) is 0 Å². The lowest BCUT2D eigenvalue weighted by molar-refractivity contribution is 0.282. The minimum absolute atomic E-state index is 0.307. The molecule has 1 rings (SSSR count). The maximum atomic E-state index is 8.66. The summed E-state index contributed by atoms with van der Waals surface area (Å²) in [6.45, 7) is 3.49. The minimum Gasteiger partial charge on any atom is -0.396 e. The maximum absolute atomic E-state index is 8.66. The highest BCUT2D eigenvalue weighted by molar-refractivity contribution is 9.10. The van der Waals surface area contributed by atoms with Crippen LogP contribution in [-0.2, 0) is 0 Å². The average molecular weight is 286 g/mol. The van der Waals surface area contributed by atoms with E-state index < -0.39 is 0 Å². The second-order valence-electron chi connectivity index (χ2n) is 4.02. The third-order valence-electron chi connectivity index (χ3n) is 2.63. The molecule has 2 nitrogen and oxygen atoms in total. The van der Waals surface area contributed by atoms with Crippen molar-refractivity contribution in [3.05, 3.63) is 34.3 Å². The molecule has 1 unspecified atom stereocenters. The topological polar surface area (TPSA) is 32.3 Å². The summed E-state index contributed by atoms with van der Waals surface area (Å²) >= 11 is 3.48. The Hall–Kier alpha value is -0.380. The molecule has 0 fully saturated rings. The van der Waals surface area contributed by atoms with E-state index in [4.69, 9.17) is 5.11 Å². The van der Waals surface area contributed by atoms with Crippen LogP contribution in [0, 0.1) is 0 Å². The van der Waals surface area contributed by atoms with E-state index >= 15 is 0 Å². The summed E-state index contributed by atoms with van der Waals surface area (Å²) in [6, 6.07) is 8.76. The van der Waals surface area contributed by atoms with Gasteiger partial charge in [0.15, 0.2) is 0 Å². The zero-order valence-corrected chi connectivity index (χ0v) is 11.3. The summed E-state index contributed by atoms with van der Waals surface area (Å²) < 4.78 is 1.12. The minimum atomic E-state index is 0.307. The second kappa shape index (κ2) is 7.82. The van der Waals surface area contributed by atoms with Crippen molar-refractivity contribution in [1.29, 1.82) is 0 Å². The Morgan fingerprint density at radius 2 is 2.12 bits per heavy atom. The van der Waals surface area contributed by atoms with Crippen LogP contribution in [0.2, 0.25) is 0 Å². The predicted molar refractivity (Wildman–Crippen MR) is 71.5 cm³/mol. The molecule has 2 N–H and O–H groups in total. The molecule has 1 aromatic carbocycles. The number of benzene rings is 1. The van der Waals surface area contributed by atoms with E-state index in [0.29, 0.717) is 12.6 Å². The van der Waals surface area contributed by atoms with Gasteiger partial charge in [-0.3, -0.25) is 0 Å². The van der Waals surface area contributed by atoms with Crippen molar-refractivity contribution < 1.29 is 5.11 Å². The van der Waals surface area contributed by atoms with Crippen LogP contribution in [0.5, 0.6) is 0 Å². The van der Waals surface area contributed by atoms with Crippen molar-refractivity contribution >= 4 is 15.9 Å². The molecule has 0 aliphatic rings. The predicted octanol–water partition coefficient (Wildman–Crippen LogP) is 3.26. The summed E-state index contributed by atoms with van der Waals surface area (Å²) in [5.41, 5.74) is 1.30. The highest BCUT2D eigenvalue weighted by Crippen LogP contribution is 2.17. The van der Waals surface area contributed by atoms with E-state index in [0.717, 1.165) is 30.3 Å². The van der Waals surface area contributed by atoms with E-state index in [2.05, 4.69) is 46.4 Å². The molecule has 1 aromatic rings. The summed E-state index contributed by atoms with van der Waals surface area (Å²) in [5.74, 6) is 0. The van der Waals surface area contributed by atoms with Crippen LogP contribution in [-0.4, -0.2) is 18.3 Å². The molecule has 0 radical (unpaired) electrons. The first kappa shape index (κ1) is 13.7. The van der Waals surface area contributed by atoms with Crippen molar-refractivity contribution in [2.24, 2.45) is 0 Å². The van der Waals surface area contributed by atoms with Gasteiger partial charge in [0, 0.05) is 17.1 Å². The van der Waals surface area contributed by atoms with Crippen molar-refractivity contribution in [2.45, 2.75) is 32.2 Å². The number of aliphatic hydroxyl groups excluding tert-OH is 1. The van der Waals surface area contributed by atoms with Crippen LogP contribution >= 0.6 is 15.9 Å². The Bertz CT molecular complexity index is 304. The molecule has 0 saturated heterocycles. The fraction of sp³-hybridized carbons (Fsp3) is 0.538. The first-order chi connectivity index (χ1) is 7.74. The van der Waals surface area contributed by atoms with E-state index in [-0.39, 0.29) is 0 Å². The molecule has 16 heavy (non-hydrogen) atoms. The number of nitrogens with one attached hydrogen (secondary N) is 1. The fourth-order valence-electron chi connectivity index (χ4n) is 1.63. The smallest absolute Gasteiger partial charge is 0.0431 e. The van der Waals surface area contributed by atoms with Gasteiger partial charge in [-0.15, -0.1) is 0 Å². The van der Waals surface area contributed by atoms with Gasteiger partial charge in [0.25, 0.3) is 0 Å². The lowest BCUT2D eigenvalue weighted by Gasteiger charge is -2.14. The highest BCUT2D eigenvalue weighted by atomic mass is 79.9. The van der Waals surface area contributed by atoms with E-state index in [9.17, 15) is 0 Å². The third kappa shape index (κ3) is 5.10. The Morgan fingerprint density at radius 3 is 2.81 bits per heavy atom. The molecule has 0 bridgehead atoms. The number of aliphatic hydroxyl groups is 1. The largest absolute Gasteiger partial charge is 0.396 e. The number of unbranched alkanes of at least 4 members (excludes halogenated alkanes) is 2. The standard InChI is InChI=1S/C13H20BrNO/c1-11(15-8-3-2-4-9-16)12-6-5-7-13(14)10-12/h5-7,10-11,15-16H,2-4,8-9H2,1H3. The zero-order valence-electron chi connectivity index (χ0n) is 9.75. The van der Waals surface area contributed by atoms with Crippen LogP contribution in [0.4, 0.5) is 0 Å². The molecule has 0 aromatic heterocycles. The molecule has 1 atom stereocenters. The van der Waals surface area contributed by atoms with Gasteiger partial charge in [0.2, 0.25) is 0 Å². The summed E-state index contributed by atoms with van der Waals surface area (Å²) in [6.07, 6.45) is 3.13. The van der Waals surface area contributed by atoms with Crippen molar-refractivity contribution in [3.63, 3.8) is 0 Å². The summed E-state index contributed by atoms with van der Waals surface area (Å²) in [4.78, 5) is 0. The molecular weight excluding hydrogens is 266 g/mol. The zero-order chi connectivity index (χ0) is 11.8. The normalized spacial score (nSPS) is 12.7. The average Bonchev–Trinajstić information content (AvgIpc) is 2.28. The Morgan fingerprint density at radius 1 is 1.31 bits per heavy atom. The number of halogens is 1. The lowest BCUT2D eigenvalue weighted by Crippen LogP contribution is -2.19. The van der Waals surface area contributed by atoms with Crippen LogP contribution < -0.4 is 5.32 Å². The van der Waals surface area contributed by atoms with Gasteiger partial charge in [-0.1, -0.05) is 28.1 Å². The molecule has 0 aliphatic heterocycles. The van der Waals surface area contributed by atoms with Gasteiger partial charge in [0.05, 0.1) is 0 Å². The molecule has 0 heterocycles. The van der Waals surface area contributed by atoms with Gasteiger partial charge in [-0.2, -0.15) is 0 Å². The first-order valence-electron chi connectivity index (χ1n) is 5.83. The van der Waals surface area contributed by atoms with Gasteiger partial charge in [0.1, 0.15) is 0 Å². The van der Waals surface area contributed by atoms with E-state index in [1.807, 2.05) is 6.07 Å². The highest BCUT2D eigenvalue weighted by Gasteiger charge is 2.03. The quantitative estimate of drug-likeness (QED) is 0.754. The lowest BCUT2D eigenvalue weighted by atomic mass is 10.1. The van der Waals surface area contributed by atoms with E-state index in [1.165, 1.54) is 5.56 Å². The Labute approximate surface area is 106 Å². The SMILES string of the molecule is CC(NCCCCCO)c1cccc(Br)c1. The monoisotopic (exact) mass is 285 g/mol. The molecule has 0 saturated carbocycles. The molecule has 0 amide bonds. The first-order valence-corrected chi connectivity index (χ1v) is 6.63. The van der Waals surface area contributed by atoms with Crippen LogP contribution in [0.3, 0.4) is 0 Å². The van der Waals surface area contributed by atoms with Crippen molar-refractivity contribution in [1.82, 2.24) is 5.32 Å². The van der Waals surface area contributed by atoms with Crippen LogP contribution in [0.25, 0.3) is 0 Å². The van der Waals surface area contributed by atoms with Crippen LogP contribution in [0.15, 0.2) is 28.7 Å². The van der Waals surface area contributed by atoms with Gasteiger partial charge < -0.3 is 10.4 Å². The van der Waals surface area contributed by atoms with Crippen molar-refractivity contribution in [2.75, 3.05) is 13.2 Å². The van der Waals surface area contributed by atoms with Gasteiger partial charge in [-0.05, 0) is 50.4 Å². The molecular formula is C13H20BrNO. The third-order valence-corrected chi connectivity index (χ3v) is 3.13. The molecule has 0 aliphatic carbocycles.